The van der Waals surface area contributed by atoms with E-state index in [-0.39, 0.29) is 11.9 Å². The first-order valence-electron chi connectivity index (χ1n) is 8.06. The molecule has 1 atom stereocenters. The number of benzene rings is 1. The molecule has 1 aliphatic heterocycles. The highest BCUT2D eigenvalue weighted by Crippen LogP contribution is 2.26. The second kappa shape index (κ2) is 8.28. The topological polar surface area (TPSA) is 50.8 Å². The van der Waals surface area contributed by atoms with Gasteiger partial charge in [-0.05, 0) is 23.6 Å². The van der Waals surface area contributed by atoms with Crippen LogP contribution in [0.4, 0.5) is 0 Å². The Labute approximate surface area is 146 Å². The standard InChI is InChI=1S/C18H22N2O3S/c1-22-16-6-3-2-5-14(16)18(21)19-13-15(17-7-4-12-24-17)20-8-10-23-11-9-20/h2-7,12,15H,8-11,13H2,1H3,(H,19,21)/t15-/m0/s1. The molecule has 0 aliphatic carbocycles. The van der Waals surface area contributed by atoms with Crippen molar-refractivity contribution < 1.29 is 14.3 Å². The molecule has 5 nitrogen and oxygen atoms in total. The quantitative estimate of drug-likeness (QED) is 0.873. The van der Waals surface area contributed by atoms with Gasteiger partial charge in [-0.3, -0.25) is 9.69 Å². The SMILES string of the molecule is COc1ccccc1C(=O)NC[C@@H](c1cccs1)N1CCOCC1. The summed E-state index contributed by atoms with van der Waals surface area (Å²) in [5, 5.41) is 5.14. The largest absolute Gasteiger partial charge is 0.496 e. The molecule has 0 saturated carbocycles. The highest BCUT2D eigenvalue weighted by molar-refractivity contribution is 7.10. The number of hydrogen-bond donors (Lipinski definition) is 1. The van der Waals surface area contributed by atoms with Gasteiger partial charge in [0.2, 0.25) is 0 Å². The normalized spacial score (nSPS) is 16.5. The molecule has 3 rings (SSSR count). The second-order valence-electron chi connectivity index (χ2n) is 5.59. The maximum absolute atomic E-state index is 12.6. The third-order valence-electron chi connectivity index (χ3n) is 4.17. The van der Waals surface area contributed by atoms with Crippen LogP contribution >= 0.6 is 11.3 Å². The first kappa shape index (κ1) is 17.0. The Bertz CT molecular complexity index is 654. The van der Waals surface area contributed by atoms with Gasteiger partial charge in [-0.15, -0.1) is 11.3 Å². The number of carbonyl (C=O) groups excluding carboxylic acids is 1. The fourth-order valence-corrected chi connectivity index (χ4v) is 3.76. The molecule has 0 unspecified atom stereocenters. The highest BCUT2D eigenvalue weighted by Gasteiger charge is 2.24. The van der Waals surface area contributed by atoms with Crippen molar-refractivity contribution in [3.8, 4) is 5.75 Å². The van der Waals surface area contributed by atoms with Gasteiger partial charge in [-0.25, -0.2) is 0 Å². The predicted octanol–water partition coefficient (Wildman–Crippen LogP) is 2.56. The van der Waals surface area contributed by atoms with Gasteiger partial charge in [0, 0.05) is 24.5 Å². The van der Waals surface area contributed by atoms with E-state index < -0.39 is 0 Å². The van der Waals surface area contributed by atoms with E-state index in [9.17, 15) is 4.79 Å². The molecular weight excluding hydrogens is 324 g/mol. The molecule has 2 aromatic rings. The van der Waals surface area contributed by atoms with Crippen molar-refractivity contribution in [2.75, 3.05) is 40.0 Å². The summed E-state index contributed by atoms with van der Waals surface area (Å²) in [6.45, 7) is 3.81. The van der Waals surface area contributed by atoms with E-state index in [1.54, 1.807) is 30.6 Å². The van der Waals surface area contributed by atoms with E-state index >= 15 is 0 Å². The molecule has 0 radical (unpaired) electrons. The van der Waals surface area contributed by atoms with Gasteiger partial charge in [-0.1, -0.05) is 18.2 Å². The zero-order chi connectivity index (χ0) is 16.8. The number of nitrogens with zero attached hydrogens (tertiary/aromatic N) is 1. The van der Waals surface area contributed by atoms with Crippen LogP contribution in [0, 0.1) is 0 Å². The van der Waals surface area contributed by atoms with Crippen molar-refractivity contribution in [3.63, 3.8) is 0 Å². The van der Waals surface area contributed by atoms with Crippen LogP contribution in [0.2, 0.25) is 0 Å². The molecule has 128 valence electrons. The fraction of sp³-hybridized carbons (Fsp3) is 0.389. The summed E-state index contributed by atoms with van der Waals surface area (Å²) < 4.78 is 10.7. The number of thiophene rings is 1. The predicted molar refractivity (Wildman–Crippen MR) is 94.8 cm³/mol. The van der Waals surface area contributed by atoms with Crippen molar-refractivity contribution in [1.82, 2.24) is 10.2 Å². The number of hydrogen-bond acceptors (Lipinski definition) is 5. The van der Waals surface area contributed by atoms with Crippen LogP contribution in [0.25, 0.3) is 0 Å². The van der Waals surface area contributed by atoms with Gasteiger partial charge in [0.05, 0.1) is 31.9 Å². The molecule has 1 amide bonds. The molecular formula is C18H22N2O3S. The first-order chi connectivity index (χ1) is 11.8. The summed E-state index contributed by atoms with van der Waals surface area (Å²) in [5.74, 6) is 0.483. The Morgan fingerprint density at radius 1 is 1.29 bits per heavy atom. The van der Waals surface area contributed by atoms with Crippen LogP contribution in [-0.2, 0) is 4.74 Å². The van der Waals surface area contributed by atoms with E-state index in [1.807, 2.05) is 12.1 Å². The second-order valence-corrected chi connectivity index (χ2v) is 6.57. The number of carbonyl (C=O) groups is 1. The minimum Gasteiger partial charge on any atom is -0.496 e. The molecule has 0 bridgehead atoms. The molecule has 24 heavy (non-hydrogen) atoms. The van der Waals surface area contributed by atoms with Crippen molar-refractivity contribution in [1.29, 1.82) is 0 Å². The van der Waals surface area contributed by atoms with Crippen LogP contribution in [0.1, 0.15) is 21.3 Å². The van der Waals surface area contributed by atoms with E-state index in [2.05, 4.69) is 27.7 Å². The smallest absolute Gasteiger partial charge is 0.255 e. The number of morpholine rings is 1. The van der Waals surface area contributed by atoms with E-state index in [1.165, 1.54) is 4.88 Å². The third-order valence-corrected chi connectivity index (χ3v) is 5.14. The zero-order valence-electron chi connectivity index (χ0n) is 13.7. The molecule has 1 N–H and O–H groups in total. The number of ether oxygens (including phenoxy) is 2. The van der Waals surface area contributed by atoms with Crippen LogP contribution in [0.5, 0.6) is 5.75 Å². The maximum Gasteiger partial charge on any atom is 0.255 e. The van der Waals surface area contributed by atoms with Crippen molar-refractivity contribution in [2.24, 2.45) is 0 Å². The summed E-state index contributed by atoms with van der Waals surface area (Å²) in [4.78, 5) is 16.2. The number of methoxy groups -OCH3 is 1. The number of para-hydroxylation sites is 1. The van der Waals surface area contributed by atoms with Gasteiger partial charge in [0.1, 0.15) is 5.75 Å². The van der Waals surface area contributed by atoms with Crippen LogP contribution in [0.15, 0.2) is 41.8 Å². The van der Waals surface area contributed by atoms with Crippen LogP contribution in [-0.4, -0.2) is 50.8 Å². The van der Waals surface area contributed by atoms with Crippen LogP contribution < -0.4 is 10.1 Å². The Hall–Kier alpha value is -1.89. The molecule has 1 saturated heterocycles. The average molecular weight is 346 g/mol. The monoisotopic (exact) mass is 346 g/mol. The summed E-state index contributed by atoms with van der Waals surface area (Å²) in [7, 11) is 1.58. The summed E-state index contributed by atoms with van der Waals surface area (Å²) in [5.41, 5.74) is 0.562. The van der Waals surface area contributed by atoms with E-state index in [4.69, 9.17) is 9.47 Å². The Kier molecular flexibility index (Phi) is 5.85. The maximum atomic E-state index is 12.6. The number of rotatable bonds is 6. The summed E-state index contributed by atoms with van der Waals surface area (Å²) >= 11 is 1.72. The molecule has 1 aromatic heterocycles. The van der Waals surface area contributed by atoms with Gasteiger partial charge in [0.15, 0.2) is 0 Å². The third kappa shape index (κ3) is 3.95. The molecule has 0 spiro atoms. The molecule has 6 heteroatoms. The molecule has 1 aromatic carbocycles. The number of amides is 1. The van der Waals surface area contributed by atoms with Gasteiger partial charge in [0.25, 0.3) is 5.91 Å². The van der Waals surface area contributed by atoms with Crippen molar-refractivity contribution in [3.05, 3.63) is 52.2 Å². The lowest BCUT2D eigenvalue weighted by Gasteiger charge is -2.34. The Balaban J connectivity index is 1.70. The highest BCUT2D eigenvalue weighted by atomic mass is 32.1. The Morgan fingerprint density at radius 2 is 2.08 bits per heavy atom. The van der Waals surface area contributed by atoms with Crippen molar-refractivity contribution in [2.45, 2.75) is 6.04 Å². The number of nitrogens with one attached hydrogen (secondary N) is 1. The summed E-state index contributed by atoms with van der Waals surface area (Å²) in [6.07, 6.45) is 0. The molecule has 1 fully saturated rings. The van der Waals surface area contributed by atoms with Crippen LogP contribution in [0.3, 0.4) is 0 Å². The first-order valence-corrected chi connectivity index (χ1v) is 8.94. The van der Waals surface area contributed by atoms with Gasteiger partial charge in [-0.2, -0.15) is 0 Å². The lowest BCUT2D eigenvalue weighted by atomic mass is 10.1. The lowest BCUT2D eigenvalue weighted by Crippen LogP contribution is -2.43. The Morgan fingerprint density at radius 3 is 2.79 bits per heavy atom. The fourth-order valence-electron chi connectivity index (χ4n) is 2.90. The average Bonchev–Trinajstić information content (AvgIpc) is 3.17. The van der Waals surface area contributed by atoms with E-state index in [0.717, 1.165) is 26.3 Å². The minimum atomic E-state index is -0.109. The van der Waals surface area contributed by atoms with E-state index in [0.29, 0.717) is 17.9 Å². The van der Waals surface area contributed by atoms with Crippen molar-refractivity contribution >= 4 is 17.2 Å². The summed E-state index contributed by atoms with van der Waals surface area (Å²) in [6, 6.07) is 11.6. The zero-order valence-corrected chi connectivity index (χ0v) is 14.6. The lowest BCUT2D eigenvalue weighted by molar-refractivity contribution is 0.0169. The van der Waals surface area contributed by atoms with Gasteiger partial charge < -0.3 is 14.8 Å². The molecule has 2 heterocycles. The van der Waals surface area contributed by atoms with Gasteiger partial charge >= 0.3 is 0 Å². The molecule has 1 aliphatic rings. The minimum absolute atomic E-state index is 0.109.